The number of nitrogens with zero attached hydrogens (tertiary/aromatic N) is 3. The molecular weight excluding hydrogens is 360 g/mol. The summed E-state index contributed by atoms with van der Waals surface area (Å²) in [4.78, 5) is 11.3. The minimum Gasteiger partial charge on any atom is -0.355 e. The maximum absolute atomic E-state index is 11.9. The highest BCUT2D eigenvalue weighted by Crippen LogP contribution is 2.26. The summed E-state index contributed by atoms with van der Waals surface area (Å²) in [5.41, 5.74) is 1.86. The molecule has 0 bridgehead atoms. The largest absolute Gasteiger partial charge is 0.355 e. The predicted molar refractivity (Wildman–Crippen MR) is 111 cm³/mol. The first-order valence-corrected chi connectivity index (χ1v) is 11.4. The van der Waals surface area contributed by atoms with E-state index in [1.54, 1.807) is 0 Å². The third-order valence-corrected chi connectivity index (χ3v) is 6.71. The number of aromatic nitrogens is 2. The molecule has 6 nitrogen and oxygen atoms in total. The smallest absolute Gasteiger partial charge is 0.225 e. The fourth-order valence-electron chi connectivity index (χ4n) is 3.29. The highest BCUT2D eigenvalue weighted by Gasteiger charge is 2.31. The van der Waals surface area contributed by atoms with Gasteiger partial charge in [0, 0.05) is 31.3 Å². The van der Waals surface area contributed by atoms with Crippen molar-refractivity contribution in [1.82, 2.24) is 9.97 Å². The average Bonchev–Trinajstić information content (AvgIpc) is 3.05. The lowest BCUT2D eigenvalue weighted by Gasteiger charge is -2.25. The monoisotopic (exact) mass is 388 g/mol. The van der Waals surface area contributed by atoms with Gasteiger partial charge in [-0.15, -0.1) is 0 Å². The Morgan fingerprint density at radius 1 is 1.19 bits per heavy atom. The molecule has 2 aromatic rings. The summed E-state index contributed by atoms with van der Waals surface area (Å²) in [5.74, 6) is 1.79. The number of hydrogen-bond donors (Lipinski definition) is 1. The lowest BCUT2D eigenvalue weighted by Crippen LogP contribution is -2.33. The number of benzene rings is 1. The third kappa shape index (κ3) is 5.19. The zero-order chi connectivity index (χ0) is 19.3. The molecule has 1 unspecified atom stereocenters. The summed E-state index contributed by atoms with van der Waals surface area (Å²) in [7, 11) is -1.02. The van der Waals surface area contributed by atoms with E-state index >= 15 is 0 Å². The quantitative estimate of drug-likeness (QED) is 0.699. The van der Waals surface area contributed by atoms with Crippen LogP contribution in [0.1, 0.15) is 32.6 Å². The number of nitrogens with one attached hydrogen (secondary N) is 1. The first-order chi connectivity index (χ1) is 13.0. The second kappa shape index (κ2) is 8.69. The van der Waals surface area contributed by atoms with Crippen LogP contribution in [0.4, 0.5) is 11.8 Å². The second-order valence-corrected chi connectivity index (χ2v) is 9.33. The molecule has 1 saturated heterocycles. The van der Waals surface area contributed by atoms with E-state index in [1.807, 2.05) is 48.3 Å². The van der Waals surface area contributed by atoms with Gasteiger partial charge in [0.05, 0.1) is 17.2 Å². The summed E-state index contributed by atoms with van der Waals surface area (Å²) in [6, 6.07) is 11.9. The van der Waals surface area contributed by atoms with Gasteiger partial charge in [0.25, 0.3) is 0 Å². The summed E-state index contributed by atoms with van der Waals surface area (Å²) < 4.78 is 23.7. The van der Waals surface area contributed by atoms with Gasteiger partial charge in [0.1, 0.15) is 5.82 Å². The van der Waals surface area contributed by atoms with Gasteiger partial charge in [-0.25, -0.2) is 13.4 Å². The number of anilines is 2. The number of rotatable bonds is 8. The Kier molecular flexibility index (Phi) is 6.31. The number of hydrogen-bond acceptors (Lipinski definition) is 6. The van der Waals surface area contributed by atoms with Crippen molar-refractivity contribution in [3.8, 4) is 11.3 Å². The Balaban J connectivity index is 1.87. The lowest BCUT2D eigenvalue weighted by molar-refractivity contribution is 0.600. The van der Waals surface area contributed by atoms with Crippen LogP contribution >= 0.6 is 0 Å². The van der Waals surface area contributed by atoms with Crippen molar-refractivity contribution in [2.75, 3.05) is 35.3 Å². The molecule has 0 radical (unpaired) electrons. The molecule has 27 heavy (non-hydrogen) atoms. The molecule has 1 aromatic carbocycles. The van der Waals surface area contributed by atoms with Gasteiger partial charge in [-0.05, 0) is 12.8 Å². The zero-order valence-corrected chi connectivity index (χ0v) is 16.9. The highest BCUT2D eigenvalue weighted by atomic mass is 32.2. The van der Waals surface area contributed by atoms with E-state index in [1.165, 1.54) is 0 Å². The van der Waals surface area contributed by atoms with Crippen LogP contribution in [0.3, 0.4) is 0 Å². The number of sulfone groups is 1. The van der Waals surface area contributed by atoms with E-state index < -0.39 is 9.84 Å². The Bertz CT molecular complexity index is 856. The predicted octanol–water partition coefficient (Wildman–Crippen LogP) is 3.37. The van der Waals surface area contributed by atoms with Crippen molar-refractivity contribution in [3.63, 3.8) is 0 Å². The molecule has 1 fully saturated rings. The molecule has 0 aliphatic carbocycles. The molecule has 0 saturated carbocycles. The summed E-state index contributed by atoms with van der Waals surface area (Å²) >= 11 is 0. The molecule has 7 heteroatoms. The summed E-state index contributed by atoms with van der Waals surface area (Å²) in [6.07, 6.45) is 4.04. The van der Waals surface area contributed by atoms with Crippen LogP contribution in [0.5, 0.6) is 0 Å². The Hall–Kier alpha value is -2.15. The first-order valence-electron chi connectivity index (χ1n) is 9.60. The topological polar surface area (TPSA) is 75.2 Å². The SMILES string of the molecule is CCCCCNc1nc(-c2ccccc2)cc(N(C)C2CCS(=O)(=O)C2)n1. The minimum absolute atomic E-state index is 0.0403. The van der Waals surface area contributed by atoms with Gasteiger partial charge in [0.2, 0.25) is 5.95 Å². The molecule has 3 rings (SSSR count). The maximum Gasteiger partial charge on any atom is 0.225 e. The molecule has 0 amide bonds. The van der Waals surface area contributed by atoms with Crippen LogP contribution in [-0.2, 0) is 9.84 Å². The summed E-state index contributed by atoms with van der Waals surface area (Å²) in [5, 5.41) is 3.32. The van der Waals surface area contributed by atoms with E-state index in [2.05, 4.69) is 22.2 Å². The van der Waals surface area contributed by atoms with Gasteiger partial charge in [-0.3, -0.25) is 0 Å². The molecule has 1 aromatic heterocycles. The molecule has 1 atom stereocenters. The standard InChI is InChI=1S/C20H28N4O2S/c1-3-4-8-12-21-20-22-18(16-9-6-5-7-10-16)14-19(23-20)24(2)17-11-13-27(25,26)15-17/h5-7,9-10,14,17H,3-4,8,11-13,15H2,1-2H3,(H,21,22,23). The van der Waals surface area contributed by atoms with Crippen molar-refractivity contribution in [1.29, 1.82) is 0 Å². The van der Waals surface area contributed by atoms with E-state index in [9.17, 15) is 8.42 Å². The number of unbranched alkanes of at least 4 members (excludes halogenated alkanes) is 2. The van der Waals surface area contributed by atoms with Gasteiger partial charge >= 0.3 is 0 Å². The molecular formula is C20H28N4O2S. The average molecular weight is 389 g/mol. The third-order valence-electron chi connectivity index (χ3n) is 4.96. The van der Waals surface area contributed by atoms with E-state index in [4.69, 9.17) is 0 Å². The highest BCUT2D eigenvalue weighted by molar-refractivity contribution is 7.91. The van der Waals surface area contributed by atoms with Crippen molar-refractivity contribution >= 4 is 21.6 Å². The molecule has 1 aliphatic heterocycles. The van der Waals surface area contributed by atoms with Crippen LogP contribution in [0.2, 0.25) is 0 Å². The molecule has 1 aliphatic rings. The minimum atomic E-state index is -2.94. The Morgan fingerprint density at radius 2 is 1.96 bits per heavy atom. The molecule has 146 valence electrons. The van der Waals surface area contributed by atoms with Crippen LogP contribution in [-0.4, -0.2) is 49.5 Å². The molecule has 0 spiro atoms. The maximum atomic E-state index is 11.9. The second-order valence-electron chi connectivity index (χ2n) is 7.10. The van der Waals surface area contributed by atoms with Gasteiger partial charge in [-0.1, -0.05) is 50.1 Å². The normalized spacial score (nSPS) is 18.4. The fourth-order valence-corrected chi connectivity index (χ4v) is 5.07. The molecule has 1 N–H and O–H groups in total. The zero-order valence-electron chi connectivity index (χ0n) is 16.1. The van der Waals surface area contributed by atoms with Gasteiger partial charge in [-0.2, -0.15) is 4.98 Å². The van der Waals surface area contributed by atoms with Crippen molar-refractivity contribution in [3.05, 3.63) is 36.4 Å². The Labute approximate surface area is 162 Å². The van der Waals surface area contributed by atoms with Crippen molar-refractivity contribution in [2.45, 2.75) is 38.6 Å². The molecule has 2 heterocycles. The van der Waals surface area contributed by atoms with E-state index in [0.29, 0.717) is 12.4 Å². The van der Waals surface area contributed by atoms with Crippen LogP contribution in [0, 0.1) is 0 Å². The van der Waals surface area contributed by atoms with Crippen LogP contribution in [0.15, 0.2) is 36.4 Å². The Morgan fingerprint density at radius 3 is 2.63 bits per heavy atom. The van der Waals surface area contributed by atoms with Crippen molar-refractivity contribution in [2.24, 2.45) is 0 Å². The lowest BCUT2D eigenvalue weighted by atomic mass is 10.1. The van der Waals surface area contributed by atoms with Gasteiger partial charge < -0.3 is 10.2 Å². The van der Waals surface area contributed by atoms with E-state index in [-0.39, 0.29) is 17.5 Å². The van der Waals surface area contributed by atoms with E-state index in [0.717, 1.165) is 42.9 Å². The fraction of sp³-hybridized carbons (Fsp3) is 0.500. The van der Waals surface area contributed by atoms with Gasteiger partial charge in [0.15, 0.2) is 9.84 Å². The van der Waals surface area contributed by atoms with Crippen LogP contribution < -0.4 is 10.2 Å². The van der Waals surface area contributed by atoms with Crippen molar-refractivity contribution < 1.29 is 8.42 Å². The van der Waals surface area contributed by atoms with Crippen LogP contribution in [0.25, 0.3) is 11.3 Å². The first kappa shape index (κ1) is 19.6. The summed E-state index contributed by atoms with van der Waals surface area (Å²) in [6.45, 7) is 3.00.